The van der Waals surface area contributed by atoms with Crippen LogP contribution in [0.25, 0.3) is 0 Å². The minimum Gasteiger partial charge on any atom is -0.325 e. The molecule has 0 aromatic heterocycles. The van der Waals surface area contributed by atoms with E-state index in [2.05, 4.69) is 0 Å². The summed E-state index contributed by atoms with van der Waals surface area (Å²) in [5, 5.41) is 0. The lowest BCUT2D eigenvalue weighted by Gasteiger charge is -1.96. The predicted molar refractivity (Wildman–Crippen MR) is 40.3 cm³/mol. The van der Waals surface area contributed by atoms with Crippen LogP contribution in [0.15, 0.2) is 23.1 Å². The molecular formula is C7H5FO2S. The number of hydrogen-bond acceptors (Lipinski definition) is 3. The highest BCUT2D eigenvalue weighted by Crippen LogP contribution is 2.18. The summed E-state index contributed by atoms with van der Waals surface area (Å²) in [6.45, 7) is 0. The normalized spacial score (nSPS) is 9.64. The van der Waals surface area contributed by atoms with Crippen molar-refractivity contribution < 1.29 is 13.7 Å². The molecule has 0 aliphatic carbocycles. The minimum absolute atomic E-state index is 0.121. The molecule has 0 unspecified atom stereocenters. The van der Waals surface area contributed by atoms with Crippen molar-refractivity contribution in [1.82, 2.24) is 0 Å². The zero-order valence-electron chi connectivity index (χ0n) is 5.45. The van der Waals surface area contributed by atoms with Crippen LogP contribution in [0.2, 0.25) is 0 Å². The molecule has 0 atom stereocenters. The van der Waals surface area contributed by atoms with Gasteiger partial charge in [-0.1, -0.05) is 6.07 Å². The molecule has 4 heteroatoms. The Kier molecular flexibility index (Phi) is 2.62. The summed E-state index contributed by atoms with van der Waals surface area (Å²) < 4.78 is 21.2. The molecule has 1 N–H and O–H groups in total. The van der Waals surface area contributed by atoms with Gasteiger partial charge < -0.3 is 4.55 Å². The van der Waals surface area contributed by atoms with Gasteiger partial charge in [-0.3, -0.25) is 4.79 Å². The van der Waals surface area contributed by atoms with E-state index in [4.69, 9.17) is 4.55 Å². The van der Waals surface area contributed by atoms with E-state index in [9.17, 15) is 9.18 Å². The highest BCUT2D eigenvalue weighted by molar-refractivity contribution is 7.93. The summed E-state index contributed by atoms with van der Waals surface area (Å²) in [7, 11) is 0. The lowest BCUT2D eigenvalue weighted by Crippen LogP contribution is -1.84. The van der Waals surface area contributed by atoms with Crippen LogP contribution in [0.5, 0.6) is 0 Å². The zero-order chi connectivity index (χ0) is 8.27. The number of halogens is 1. The van der Waals surface area contributed by atoms with Crippen LogP contribution in [0.1, 0.15) is 10.4 Å². The summed E-state index contributed by atoms with van der Waals surface area (Å²) in [5.41, 5.74) is 0.264. The highest BCUT2D eigenvalue weighted by atomic mass is 32.2. The first-order valence-electron chi connectivity index (χ1n) is 2.84. The third-order valence-corrected chi connectivity index (χ3v) is 1.72. The summed E-state index contributed by atoms with van der Waals surface area (Å²) in [6, 6.07) is 3.86. The third kappa shape index (κ3) is 1.78. The lowest BCUT2D eigenvalue weighted by molar-refractivity contribution is 0.112. The molecule has 1 rings (SSSR count). The fourth-order valence-electron chi connectivity index (χ4n) is 0.664. The van der Waals surface area contributed by atoms with E-state index in [1.54, 1.807) is 0 Å². The van der Waals surface area contributed by atoms with Crippen LogP contribution in [0.4, 0.5) is 4.39 Å². The van der Waals surface area contributed by atoms with Crippen molar-refractivity contribution >= 4 is 18.3 Å². The maximum atomic E-state index is 12.7. The number of hydrogen-bond donors (Lipinski definition) is 1. The van der Waals surface area contributed by atoms with Crippen molar-refractivity contribution in [1.29, 1.82) is 0 Å². The summed E-state index contributed by atoms with van der Waals surface area (Å²) in [4.78, 5) is 10.2. The van der Waals surface area contributed by atoms with Crippen LogP contribution in [0, 0.1) is 5.82 Å². The van der Waals surface area contributed by atoms with Crippen LogP contribution in [-0.2, 0) is 0 Å². The average molecular weight is 172 g/mol. The monoisotopic (exact) mass is 172 g/mol. The van der Waals surface area contributed by atoms with Gasteiger partial charge in [0.25, 0.3) is 0 Å². The molecule has 0 aliphatic heterocycles. The van der Waals surface area contributed by atoms with E-state index >= 15 is 0 Å². The van der Waals surface area contributed by atoms with Crippen molar-refractivity contribution in [2.45, 2.75) is 4.90 Å². The van der Waals surface area contributed by atoms with Gasteiger partial charge in [0, 0.05) is 17.6 Å². The van der Waals surface area contributed by atoms with E-state index in [0.717, 1.165) is 6.07 Å². The molecule has 1 aromatic rings. The van der Waals surface area contributed by atoms with Crippen LogP contribution in [0.3, 0.4) is 0 Å². The molecular weight excluding hydrogens is 167 g/mol. The van der Waals surface area contributed by atoms with Gasteiger partial charge in [0.05, 0.1) is 4.90 Å². The molecule has 11 heavy (non-hydrogen) atoms. The number of benzene rings is 1. The molecule has 2 nitrogen and oxygen atoms in total. The minimum atomic E-state index is -0.581. The van der Waals surface area contributed by atoms with E-state index in [1.807, 2.05) is 0 Å². The SMILES string of the molecule is O=Cc1ccc(SO)c(F)c1. The van der Waals surface area contributed by atoms with Crippen LogP contribution < -0.4 is 0 Å². The predicted octanol–water partition coefficient (Wildman–Crippen LogP) is 2.20. The number of rotatable bonds is 2. The van der Waals surface area contributed by atoms with Gasteiger partial charge in [-0.2, -0.15) is 0 Å². The van der Waals surface area contributed by atoms with Crippen LogP contribution in [-0.4, -0.2) is 10.8 Å². The number of aldehydes is 1. The molecule has 0 saturated heterocycles. The summed E-state index contributed by atoms with van der Waals surface area (Å²) in [5.74, 6) is -0.581. The molecule has 0 spiro atoms. The topological polar surface area (TPSA) is 37.3 Å². The van der Waals surface area contributed by atoms with Gasteiger partial charge in [0.1, 0.15) is 12.1 Å². The fraction of sp³-hybridized carbons (Fsp3) is 0. The lowest BCUT2D eigenvalue weighted by atomic mass is 10.2. The largest absolute Gasteiger partial charge is 0.325 e. The molecule has 0 bridgehead atoms. The molecule has 0 fully saturated rings. The Bertz CT molecular complexity index is 275. The van der Waals surface area contributed by atoms with Gasteiger partial charge in [-0.05, 0) is 12.1 Å². The van der Waals surface area contributed by atoms with Gasteiger partial charge in [0.2, 0.25) is 0 Å². The first-order chi connectivity index (χ1) is 5.27. The van der Waals surface area contributed by atoms with E-state index < -0.39 is 5.82 Å². The molecule has 0 saturated carbocycles. The smallest absolute Gasteiger partial charge is 0.150 e. The van der Waals surface area contributed by atoms with E-state index in [1.165, 1.54) is 12.1 Å². The number of carbonyl (C=O) groups excluding carboxylic acids is 1. The van der Waals surface area contributed by atoms with E-state index in [0.29, 0.717) is 18.3 Å². The standard InChI is InChI=1S/C7H5FO2S/c8-6-3-5(4-9)1-2-7(6)11-10/h1-4,10H. The maximum absolute atomic E-state index is 12.7. The Morgan fingerprint density at radius 3 is 2.73 bits per heavy atom. The van der Waals surface area contributed by atoms with Gasteiger partial charge in [-0.15, -0.1) is 0 Å². The maximum Gasteiger partial charge on any atom is 0.150 e. The third-order valence-electron chi connectivity index (χ3n) is 1.19. The Hall–Kier alpha value is -0.870. The van der Waals surface area contributed by atoms with Crippen molar-refractivity contribution in [3.8, 4) is 0 Å². The fourth-order valence-corrected chi connectivity index (χ4v) is 0.939. The molecule has 0 aliphatic rings. The summed E-state index contributed by atoms with van der Waals surface area (Å²) in [6.07, 6.45) is 0.550. The Balaban J connectivity index is 3.09. The number of carbonyl (C=O) groups is 1. The van der Waals surface area contributed by atoms with Crippen molar-refractivity contribution in [2.24, 2.45) is 0 Å². The summed E-state index contributed by atoms with van der Waals surface area (Å²) >= 11 is 0.324. The van der Waals surface area contributed by atoms with Crippen molar-refractivity contribution in [3.05, 3.63) is 29.6 Å². The van der Waals surface area contributed by atoms with Crippen LogP contribution >= 0.6 is 12.0 Å². The van der Waals surface area contributed by atoms with Crippen molar-refractivity contribution in [2.75, 3.05) is 0 Å². The van der Waals surface area contributed by atoms with Crippen molar-refractivity contribution in [3.63, 3.8) is 0 Å². The first kappa shape index (κ1) is 8.23. The quantitative estimate of drug-likeness (QED) is 0.549. The second-order valence-corrected chi connectivity index (χ2v) is 2.52. The van der Waals surface area contributed by atoms with E-state index in [-0.39, 0.29) is 10.5 Å². The second kappa shape index (κ2) is 3.50. The Labute approximate surface area is 67.2 Å². The molecule has 0 amide bonds. The molecule has 58 valence electrons. The van der Waals surface area contributed by atoms with Gasteiger partial charge >= 0.3 is 0 Å². The molecule has 1 aromatic carbocycles. The van der Waals surface area contributed by atoms with Gasteiger partial charge in [0.15, 0.2) is 0 Å². The first-order valence-corrected chi connectivity index (χ1v) is 3.61. The Morgan fingerprint density at radius 1 is 1.55 bits per heavy atom. The average Bonchev–Trinajstić information content (AvgIpc) is 2.04. The zero-order valence-corrected chi connectivity index (χ0v) is 6.27. The second-order valence-electron chi connectivity index (χ2n) is 1.90. The molecule has 0 radical (unpaired) electrons. The highest BCUT2D eigenvalue weighted by Gasteiger charge is 2.01. The Morgan fingerprint density at radius 2 is 2.27 bits per heavy atom. The van der Waals surface area contributed by atoms with Gasteiger partial charge in [-0.25, -0.2) is 4.39 Å². The molecule has 0 heterocycles.